The van der Waals surface area contributed by atoms with Gasteiger partial charge in [0.2, 0.25) is 5.91 Å². The van der Waals surface area contributed by atoms with E-state index in [1.807, 2.05) is 4.90 Å². The molecule has 0 bridgehead atoms. The van der Waals surface area contributed by atoms with Crippen molar-refractivity contribution >= 4 is 11.7 Å². The predicted octanol–water partition coefficient (Wildman–Crippen LogP) is 0.632. The van der Waals surface area contributed by atoms with Crippen LogP contribution in [0.4, 0.5) is 4.39 Å². The van der Waals surface area contributed by atoms with Crippen molar-refractivity contribution in [1.29, 1.82) is 0 Å². The van der Waals surface area contributed by atoms with Crippen LogP contribution in [-0.2, 0) is 11.3 Å². The van der Waals surface area contributed by atoms with Gasteiger partial charge >= 0.3 is 0 Å². The number of hydrogen-bond acceptors (Lipinski definition) is 4. The quantitative estimate of drug-likeness (QED) is 0.321. The Morgan fingerprint density at radius 3 is 2.81 bits per heavy atom. The fourth-order valence-corrected chi connectivity index (χ4v) is 2.38. The van der Waals surface area contributed by atoms with Crippen LogP contribution in [0.2, 0.25) is 0 Å². The Morgan fingerprint density at radius 1 is 1.43 bits per heavy atom. The SMILES string of the molecule is N/C(=N/O)c1cc(F)ccc1CNCC(=O)N1CCCC1. The van der Waals surface area contributed by atoms with Crippen LogP contribution < -0.4 is 11.1 Å². The van der Waals surface area contributed by atoms with Crippen molar-refractivity contribution in [3.8, 4) is 0 Å². The van der Waals surface area contributed by atoms with Gasteiger partial charge in [0.25, 0.3) is 0 Å². The number of likely N-dealkylation sites (tertiary alicyclic amines) is 1. The van der Waals surface area contributed by atoms with E-state index in [1.54, 1.807) is 6.07 Å². The number of nitrogens with zero attached hydrogens (tertiary/aromatic N) is 2. The van der Waals surface area contributed by atoms with Gasteiger partial charge in [-0.25, -0.2) is 4.39 Å². The second-order valence-corrected chi connectivity index (χ2v) is 4.98. The molecule has 114 valence electrons. The van der Waals surface area contributed by atoms with E-state index in [0.29, 0.717) is 17.7 Å². The Hall–Kier alpha value is -2.15. The minimum absolute atomic E-state index is 0.0555. The van der Waals surface area contributed by atoms with Crippen molar-refractivity contribution in [3.63, 3.8) is 0 Å². The molecule has 2 rings (SSSR count). The van der Waals surface area contributed by atoms with Crippen LogP contribution >= 0.6 is 0 Å². The summed E-state index contributed by atoms with van der Waals surface area (Å²) < 4.78 is 13.2. The summed E-state index contributed by atoms with van der Waals surface area (Å²) in [4.78, 5) is 13.7. The first kappa shape index (κ1) is 15.2. The van der Waals surface area contributed by atoms with Gasteiger partial charge in [-0.15, -0.1) is 0 Å². The number of nitrogens with one attached hydrogen (secondary N) is 1. The van der Waals surface area contributed by atoms with E-state index >= 15 is 0 Å². The number of amides is 1. The van der Waals surface area contributed by atoms with E-state index < -0.39 is 5.82 Å². The Kier molecular flexibility index (Phi) is 5.10. The summed E-state index contributed by atoms with van der Waals surface area (Å²) >= 11 is 0. The number of rotatable bonds is 5. The lowest BCUT2D eigenvalue weighted by atomic mass is 10.1. The summed E-state index contributed by atoms with van der Waals surface area (Å²) in [7, 11) is 0. The Labute approximate surface area is 122 Å². The third-order valence-electron chi connectivity index (χ3n) is 3.51. The fraction of sp³-hybridized carbons (Fsp3) is 0.429. The first-order chi connectivity index (χ1) is 10.1. The Bertz CT molecular complexity index is 542. The molecule has 0 spiro atoms. The van der Waals surface area contributed by atoms with Crippen LogP contribution in [-0.4, -0.2) is 41.5 Å². The predicted molar refractivity (Wildman–Crippen MR) is 76.4 cm³/mol. The zero-order chi connectivity index (χ0) is 15.2. The van der Waals surface area contributed by atoms with E-state index in [-0.39, 0.29) is 18.3 Å². The van der Waals surface area contributed by atoms with Crippen LogP contribution in [0.5, 0.6) is 0 Å². The van der Waals surface area contributed by atoms with E-state index in [4.69, 9.17) is 10.9 Å². The maximum Gasteiger partial charge on any atom is 0.236 e. The zero-order valence-electron chi connectivity index (χ0n) is 11.7. The molecule has 1 saturated heterocycles. The van der Waals surface area contributed by atoms with Gasteiger partial charge in [-0.1, -0.05) is 11.2 Å². The molecule has 0 unspecified atom stereocenters. The summed E-state index contributed by atoms with van der Waals surface area (Å²) in [5.74, 6) is -0.564. The third-order valence-corrected chi connectivity index (χ3v) is 3.51. The van der Waals surface area contributed by atoms with Gasteiger partial charge in [0, 0.05) is 25.2 Å². The van der Waals surface area contributed by atoms with Crippen LogP contribution in [0, 0.1) is 5.82 Å². The zero-order valence-corrected chi connectivity index (χ0v) is 11.7. The molecule has 0 aliphatic carbocycles. The lowest BCUT2D eigenvalue weighted by molar-refractivity contribution is -0.129. The van der Waals surface area contributed by atoms with E-state index in [9.17, 15) is 9.18 Å². The second-order valence-electron chi connectivity index (χ2n) is 4.98. The van der Waals surface area contributed by atoms with Gasteiger partial charge in [0.1, 0.15) is 5.82 Å². The molecule has 0 radical (unpaired) electrons. The summed E-state index contributed by atoms with van der Waals surface area (Å²) in [6.45, 7) is 2.18. The molecule has 1 fully saturated rings. The number of hydrogen-bond donors (Lipinski definition) is 3. The molecule has 0 saturated carbocycles. The number of benzene rings is 1. The number of carbonyl (C=O) groups is 1. The topological polar surface area (TPSA) is 91.0 Å². The first-order valence-corrected chi connectivity index (χ1v) is 6.86. The maximum absolute atomic E-state index is 13.2. The molecular formula is C14H19FN4O2. The van der Waals surface area contributed by atoms with Crippen molar-refractivity contribution in [3.05, 3.63) is 35.1 Å². The molecule has 1 aromatic carbocycles. The van der Waals surface area contributed by atoms with Crippen LogP contribution in [0.25, 0.3) is 0 Å². The lowest BCUT2D eigenvalue weighted by Crippen LogP contribution is -2.36. The highest BCUT2D eigenvalue weighted by Gasteiger charge is 2.17. The van der Waals surface area contributed by atoms with E-state index in [2.05, 4.69) is 10.5 Å². The Morgan fingerprint density at radius 2 is 2.14 bits per heavy atom. The molecule has 1 amide bonds. The largest absolute Gasteiger partial charge is 0.409 e. The smallest absolute Gasteiger partial charge is 0.236 e. The van der Waals surface area contributed by atoms with Gasteiger partial charge in [-0.3, -0.25) is 4.79 Å². The highest BCUT2D eigenvalue weighted by molar-refractivity contribution is 5.98. The van der Waals surface area contributed by atoms with Crippen LogP contribution in [0.1, 0.15) is 24.0 Å². The fourth-order valence-electron chi connectivity index (χ4n) is 2.38. The highest BCUT2D eigenvalue weighted by atomic mass is 19.1. The minimum atomic E-state index is -0.464. The average molecular weight is 294 g/mol. The number of nitrogens with two attached hydrogens (primary N) is 1. The van der Waals surface area contributed by atoms with Gasteiger partial charge in [-0.2, -0.15) is 0 Å². The van der Waals surface area contributed by atoms with Crippen molar-refractivity contribution in [2.45, 2.75) is 19.4 Å². The monoisotopic (exact) mass is 294 g/mol. The highest BCUT2D eigenvalue weighted by Crippen LogP contribution is 2.11. The van der Waals surface area contributed by atoms with Gasteiger partial charge in [0.05, 0.1) is 6.54 Å². The summed E-state index contributed by atoms with van der Waals surface area (Å²) in [6, 6.07) is 4.05. The van der Waals surface area contributed by atoms with E-state index in [0.717, 1.165) is 25.9 Å². The normalized spacial score (nSPS) is 15.5. The number of oxime groups is 1. The summed E-state index contributed by atoms with van der Waals surface area (Å²) in [6.07, 6.45) is 2.11. The van der Waals surface area contributed by atoms with Crippen LogP contribution in [0.3, 0.4) is 0 Å². The van der Waals surface area contributed by atoms with Crippen molar-refractivity contribution in [2.75, 3.05) is 19.6 Å². The molecular weight excluding hydrogens is 275 g/mol. The maximum atomic E-state index is 13.2. The lowest BCUT2D eigenvalue weighted by Gasteiger charge is -2.16. The van der Waals surface area contributed by atoms with Crippen molar-refractivity contribution in [1.82, 2.24) is 10.2 Å². The minimum Gasteiger partial charge on any atom is -0.409 e. The first-order valence-electron chi connectivity index (χ1n) is 6.86. The standard InChI is InChI=1S/C14H19FN4O2/c15-11-4-3-10(12(7-11)14(16)18-21)8-17-9-13(20)19-5-1-2-6-19/h3-4,7,17,21H,1-2,5-6,8-9H2,(H2,16,18). The third kappa shape index (κ3) is 3.91. The number of halogens is 1. The molecule has 1 aliphatic heterocycles. The molecule has 0 aromatic heterocycles. The van der Waals surface area contributed by atoms with Gasteiger partial charge < -0.3 is 21.2 Å². The average Bonchev–Trinajstić information content (AvgIpc) is 3.02. The Balaban J connectivity index is 1.95. The number of amidine groups is 1. The van der Waals surface area contributed by atoms with Crippen molar-refractivity contribution in [2.24, 2.45) is 10.9 Å². The van der Waals surface area contributed by atoms with Gasteiger partial charge in [0.15, 0.2) is 5.84 Å². The van der Waals surface area contributed by atoms with Gasteiger partial charge in [-0.05, 0) is 30.5 Å². The van der Waals surface area contributed by atoms with Crippen molar-refractivity contribution < 1.29 is 14.4 Å². The molecule has 7 heteroatoms. The molecule has 4 N–H and O–H groups in total. The molecule has 0 atom stereocenters. The molecule has 1 aliphatic rings. The van der Waals surface area contributed by atoms with E-state index in [1.165, 1.54) is 12.1 Å². The van der Waals surface area contributed by atoms with Crippen LogP contribution in [0.15, 0.2) is 23.4 Å². The molecule has 1 heterocycles. The molecule has 6 nitrogen and oxygen atoms in total. The molecule has 21 heavy (non-hydrogen) atoms. The molecule has 1 aromatic rings. The summed E-state index contributed by atoms with van der Waals surface area (Å²) in [5.41, 5.74) is 6.51. The number of carbonyl (C=O) groups excluding carboxylic acids is 1. The summed E-state index contributed by atoms with van der Waals surface area (Å²) in [5, 5.41) is 14.6. The second kappa shape index (κ2) is 7.03.